The van der Waals surface area contributed by atoms with Crippen molar-refractivity contribution >= 4 is 44.7 Å². The fraction of sp³-hybridized carbons (Fsp3) is 0.167. The van der Waals surface area contributed by atoms with Crippen LogP contribution >= 0.6 is 11.6 Å². The Bertz CT molecular complexity index is 1230. The standard InChI is InChI=1S/C24H23ClN2O5S/c1-3-32-22-12-8-20(9-13-22)26-24(29)16-27(21-10-4-18(5-11-21)17(2)28)33(30,31)23-14-6-19(25)7-15-23/h4-15H,3,16H2,1-2H3,(H,26,29). The van der Waals surface area contributed by atoms with Crippen LogP contribution in [0.25, 0.3) is 0 Å². The third-order valence-electron chi connectivity index (χ3n) is 4.70. The van der Waals surface area contributed by atoms with Gasteiger partial charge in [0.15, 0.2) is 5.78 Å². The molecule has 3 rings (SSSR count). The smallest absolute Gasteiger partial charge is 0.264 e. The molecule has 0 fully saturated rings. The van der Waals surface area contributed by atoms with Crippen molar-refractivity contribution in [1.29, 1.82) is 0 Å². The zero-order valence-electron chi connectivity index (χ0n) is 18.1. The minimum atomic E-state index is -4.10. The van der Waals surface area contributed by atoms with Crippen molar-refractivity contribution in [3.8, 4) is 5.75 Å². The number of halogens is 1. The summed E-state index contributed by atoms with van der Waals surface area (Å²) in [6, 6.07) is 18.5. The van der Waals surface area contributed by atoms with Crippen LogP contribution in [-0.2, 0) is 14.8 Å². The maximum atomic E-state index is 13.4. The van der Waals surface area contributed by atoms with E-state index in [1.165, 1.54) is 55.5 Å². The summed E-state index contributed by atoms with van der Waals surface area (Å²) >= 11 is 5.90. The van der Waals surface area contributed by atoms with E-state index in [-0.39, 0.29) is 16.4 Å². The third kappa shape index (κ3) is 6.12. The van der Waals surface area contributed by atoms with Gasteiger partial charge in [0, 0.05) is 16.3 Å². The Morgan fingerprint density at radius 3 is 2.09 bits per heavy atom. The summed E-state index contributed by atoms with van der Waals surface area (Å²) in [4.78, 5) is 24.4. The molecular formula is C24H23ClN2O5S. The number of carbonyl (C=O) groups excluding carboxylic acids is 2. The van der Waals surface area contributed by atoms with Crippen molar-refractivity contribution in [1.82, 2.24) is 0 Å². The van der Waals surface area contributed by atoms with Gasteiger partial charge in [0.05, 0.1) is 17.2 Å². The van der Waals surface area contributed by atoms with Gasteiger partial charge in [-0.15, -0.1) is 0 Å². The Morgan fingerprint density at radius 1 is 0.939 bits per heavy atom. The van der Waals surface area contributed by atoms with Crippen LogP contribution in [0.15, 0.2) is 77.7 Å². The minimum Gasteiger partial charge on any atom is -0.494 e. The fourth-order valence-corrected chi connectivity index (χ4v) is 4.59. The largest absolute Gasteiger partial charge is 0.494 e. The second-order valence-corrected chi connectivity index (χ2v) is 9.37. The first-order valence-electron chi connectivity index (χ1n) is 10.1. The number of Topliss-reactive ketones (excluding diaryl/α,β-unsaturated/α-hetero) is 1. The number of ether oxygens (including phenoxy) is 1. The van der Waals surface area contributed by atoms with E-state index in [0.717, 1.165) is 4.31 Å². The monoisotopic (exact) mass is 486 g/mol. The van der Waals surface area contributed by atoms with E-state index in [1.54, 1.807) is 24.3 Å². The molecule has 0 heterocycles. The van der Waals surface area contributed by atoms with Crippen molar-refractivity contribution in [2.24, 2.45) is 0 Å². The summed E-state index contributed by atoms with van der Waals surface area (Å²) in [6.45, 7) is 3.33. The first kappa shape index (κ1) is 24.3. The molecule has 0 aliphatic rings. The SMILES string of the molecule is CCOc1ccc(NC(=O)CN(c2ccc(C(C)=O)cc2)S(=O)(=O)c2ccc(Cl)cc2)cc1. The van der Waals surface area contributed by atoms with E-state index in [1.807, 2.05) is 6.92 Å². The molecule has 3 aromatic carbocycles. The lowest BCUT2D eigenvalue weighted by Gasteiger charge is -2.24. The van der Waals surface area contributed by atoms with E-state index in [2.05, 4.69) is 5.32 Å². The van der Waals surface area contributed by atoms with Crippen molar-refractivity contribution in [3.05, 3.63) is 83.4 Å². The van der Waals surface area contributed by atoms with Gasteiger partial charge in [-0.3, -0.25) is 13.9 Å². The summed E-state index contributed by atoms with van der Waals surface area (Å²) in [5.74, 6) is -0.0257. The Kier molecular flexibility index (Phi) is 7.73. The number of anilines is 2. The number of sulfonamides is 1. The Hall–Kier alpha value is -3.36. The quantitative estimate of drug-likeness (QED) is 0.439. The van der Waals surface area contributed by atoms with Crippen LogP contribution in [0.3, 0.4) is 0 Å². The molecule has 0 saturated carbocycles. The van der Waals surface area contributed by atoms with Gasteiger partial charge in [0.25, 0.3) is 10.0 Å². The molecule has 0 radical (unpaired) electrons. The van der Waals surface area contributed by atoms with Crippen molar-refractivity contribution in [2.45, 2.75) is 18.7 Å². The van der Waals surface area contributed by atoms with E-state index in [9.17, 15) is 18.0 Å². The number of hydrogen-bond donors (Lipinski definition) is 1. The lowest BCUT2D eigenvalue weighted by molar-refractivity contribution is -0.114. The molecule has 0 spiro atoms. The van der Waals surface area contributed by atoms with Gasteiger partial charge >= 0.3 is 0 Å². The molecule has 33 heavy (non-hydrogen) atoms. The van der Waals surface area contributed by atoms with Crippen LogP contribution in [0.1, 0.15) is 24.2 Å². The van der Waals surface area contributed by atoms with Crippen LogP contribution in [-0.4, -0.2) is 33.3 Å². The number of benzene rings is 3. The lowest BCUT2D eigenvalue weighted by atomic mass is 10.1. The third-order valence-corrected chi connectivity index (χ3v) is 6.74. The van der Waals surface area contributed by atoms with Crippen LogP contribution in [0, 0.1) is 0 Å². The molecule has 0 bridgehead atoms. The predicted octanol–water partition coefficient (Wildman–Crippen LogP) is 4.78. The van der Waals surface area contributed by atoms with Gasteiger partial charge in [0.1, 0.15) is 12.3 Å². The van der Waals surface area contributed by atoms with E-state index >= 15 is 0 Å². The maximum absolute atomic E-state index is 13.4. The summed E-state index contributed by atoms with van der Waals surface area (Å²) in [6.07, 6.45) is 0. The normalized spacial score (nSPS) is 11.0. The zero-order valence-corrected chi connectivity index (χ0v) is 19.7. The molecule has 1 amide bonds. The van der Waals surface area contributed by atoms with Crippen LogP contribution in [0.5, 0.6) is 5.75 Å². The van der Waals surface area contributed by atoms with Gasteiger partial charge in [-0.2, -0.15) is 0 Å². The summed E-state index contributed by atoms with van der Waals surface area (Å²) in [5.41, 5.74) is 1.18. The Labute approximate surface area is 198 Å². The van der Waals surface area contributed by atoms with Crippen LogP contribution in [0.4, 0.5) is 11.4 Å². The average molecular weight is 487 g/mol. The molecule has 9 heteroatoms. The highest BCUT2D eigenvalue weighted by Gasteiger charge is 2.27. The zero-order chi connectivity index (χ0) is 24.0. The molecule has 3 aromatic rings. The molecule has 0 unspecified atom stereocenters. The van der Waals surface area contributed by atoms with E-state index < -0.39 is 22.5 Å². The second kappa shape index (κ2) is 10.5. The highest BCUT2D eigenvalue weighted by molar-refractivity contribution is 7.92. The molecular weight excluding hydrogens is 464 g/mol. The number of hydrogen-bond acceptors (Lipinski definition) is 5. The minimum absolute atomic E-state index is 0.0172. The summed E-state index contributed by atoms with van der Waals surface area (Å²) in [5, 5.41) is 3.09. The van der Waals surface area contributed by atoms with Gasteiger partial charge in [-0.1, -0.05) is 11.6 Å². The maximum Gasteiger partial charge on any atom is 0.264 e. The lowest BCUT2D eigenvalue weighted by Crippen LogP contribution is -2.38. The summed E-state index contributed by atoms with van der Waals surface area (Å²) < 4.78 is 33.1. The van der Waals surface area contributed by atoms with Crippen LogP contribution in [0.2, 0.25) is 5.02 Å². The first-order valence-corrected chi connectivity index (χ1v) is 11.9. The van der Waals surface area contributed by atoms with Gasteiger partial charge in [-0.05, 0) is 86.6 Å². The van der Waals surface area contributed by atoms with E-state index in [0.29, 0.717) is 28.6 Å². The molecule has 0 saturated heterocycles. The van der Waals surface area contributed by atoms with Gasteiger partial charge < -0.3 is 10.1 Å². The Morgan fingerprint density at radius 2 is 1.55 bits per heavy atom. The van der Waals surface area contributed by atoms with Crippen molar-refractivity contribution < 1.29 is 22.7 Å². The number of nitrogens with zero attached hydrogens (tertiary/aromatic N) is 1. The number of nitrogens with one attached hydrogen (secondary N) is 1. The van der Waals surface area contributed by atoms with E-state index in [4.69, 9.17) is 16.3 Å². The molecule has 0 atom stereocenters. The highest BCUT2D eigenvalue weighted by atomic mass is 35.5. The molecule has 0 aliphatic heterocycles. The number of amides is 1. The highest BCUT2D eigenvalue weighted by Crippen LogP contribution is 2.25. The van der Waals surface area contributed by atoms with Gasteiger partial charge in [-0.25, -0.2) is 8.42 Å². The summed E-state index contributed by atoms with van der Waals surface area (Å²) in [7, 11) is -4.10. The van der Waals surface area contributed by atoms with Crippen molar-refractivity contribution in [2.75, 3.05) is 22.8 Å². The molecule has 1 N–H and O–H groups in total. The predicted molar refractivity (Wildman–Crippen MR) is 129 cm³/mol. The fourth-order valence-electron chi connectivity index (χ4n) is 3.04. The Balaban J connectivity index is 1.90. The number of rotatable bonds is 9. The second-order valence-electron chi connectivity index (χ2n) is 7.07. The van der Waals surface area contributed by atoms with Crippen molar-refractivity contribution in [3.63, 3.8) is 0 Å². The van der Waals surface area contributed by atoms with Crippen LogP contribution < -0.4 is 14.4 Å². The first-order chi connectivity index (χ1) is 15.7. The van der Waals surface area contributed by atoms with Gasteiger partial charge in [0.2, 0.25) is 5.91 Å². The molecule has 172 valence electrons. The number of ketones is 1. The topological polar surface area (TPSA) is 92.8 Å². The molecule has 7 nitrogen and oxygen atoms in total. The average Bonchev–Trinajstić information content (AvgIpc) is 2.79. The number of carbonyl (C=O) groups is 2. The molecule has 0 aliphatic carbocycles. The molecule has 0 aromatic heterocycles.